The van der Waals surface area contributed by atoms with Crippen LogP contribution in [0, 0.1) is 0 Å². The van der Waals surface area contributed by atoms with Crippen LogP contribution in [-0.2, 0) is 9.53 Å². The molecule has 1 heterocycles. The minimum atomic E-state index is -1.20. The summed E-state index contributed by atoms with van der Waals surface area (Å²) >= 11 is 0. The molecule has 1 N–H and O–H groups in total. The number of hydrogen-bond donors (Lipinski definition) is 1. The van der Waals surface area contributed by atoms with Crippen LogP contribution in [0.25, 0.3) is 0 Å². The number of piperidine rings is 1. The number of aliphatic hydroxyl groups is 1. The van der Waals surface area contributed by atoms with Gasteiger partial charge in [-0.1, -0.05) is 30.3 Å². The number of nitrogens with zero attached hydrogens (tertiary/aromatic N) is 1. The molecule has 21 heavy (non-hydrogen) atoms. The maximum atomic E-state index is 12.1. The predicted molar refractivity (Wildman–Crippen MR) is 81.8 cm³/mol. The molecule has 1 aromatic carbocycles. The molecular weight excluding hydrogens is 266 g/mol. The number of esters is 1. The summed E-state index contributed by atoms with van der Waals surface area (Å²) in [7, 11) is 2.10. The Balaban J connectivity index is 2.00. The summed E-state index contributed by atoms with van der Waals surface area (Å²) in [5.74, 6) is -0.557. The zero-order chi connectivity index (χ0) is 15.6. The Morgan fingerprint density at radius 1 is 1.38 bits per heavy atom. The average molecular weight is 291 g/mol. The first-order valence-corrected chi connectivity index (χ1v) is 7.47. The van der Waals surface area contributed by atoms with Gasteiger partial charge in [-0.2, -0.15) is 0 Å². The Bertz CT molecular complexity index is 486. The highest BCUT2D eigenvalue weighted by atomic mass is 16.6. The molecular formula is C17H25NO3. The molecule has 116 valence electrons. The SMILES string of the molecule is C[C@H]1C[C@@H](OC(=O)[C@H](O)c2ccccc2)CC(C)(C)N1C. The van der Waals surface area contributed by atoms with Crippen LogP contribution in [0.1, 0.15) is 45.3 Å². The zero-order valence-corrected chi connectivity index (χ0v) is 13.2. The fourth-order valence-corrected chi connectivity index (χ4v) is 3.01. The molecule has 1 aromatic rings. The monoisotopic (exact) mass is 291 g/mol. The number of carbonyl (C=O) groups is 1. The van der Waals surface area contributed by atoms with Crippen LogP contribution in [-0.4, -0.2) is 40.7 Å². The Morgan fingerprint density at radius 2 is 2.00 bits per heavy atom. The number of likely N-dealkylation sites (tertiary alicyclic amines) is 1. The van der Waals surface area contributed by atoms with Gasteiger partial charge < -0.3 is 9.84 Å². The van der Waals surface area contributed by atoms with E-state index < -0.39 is 12.1 Å². The summed E-state index contributed by atoms with van der Waals surface area (Å²) in [6.07, 6.45) is 0.232. The van der Waals surface area contributed by atoms with Gasteiger partial charge in [0.15, 0.2) is 6.10 Å². The number of benzene rings is 1. The van der Waals surface area contributed by atoms with E-state index in [9.17, 15) is 9.90 Å². The number of aliphatic hydroxyl groups excluding tert-OH is 1. The van der Waals surface area contributed by atoms with Crippen LogP contribution in [0.2, 0.25) is 0 Å². The van der Waals surface area contributed by atoms with Crippen LogP contribution in [0.3, 0.4) is 0 Å². The quantitative estimate of drug-likeness (QED) is 0.869. The minimum absolute atomic E-state index is 0.0136. The van der Waals surface area contributed by atoms with Gasteiger partial charge in [-0.15, -0.1) is 0 Å². The van der Waals surface area contributed by atoms with Gasteiger partial charge in [0, 0.05) is 18.0 Å². The summed E-state index contributed by atoms with van der Waals surface area (Å²) < 4.78 is 5.55. The normalized spacial score (nSPS) is 27.1. The standard InChI is InChI=1S/C17H25NO3/c1-12-10-14(11-17(2,3)18(12)4)21-16(20)15(19)13-8-6-5-7-9-13/h5-9,12,14-15,19H,10-11H2,1-4H3/t12-,14+,15+/m0/s1. The second-order valence-electron chi connectivity index (χ2n) is 6.58. The molecule has 1 aliphatic rings. The van der Waals surface area contributed by atoms with Crippen LogP contribution >= 0.6 is 0 Å². The first kappa shape index (κ1) is 16.0. The summed E-state index contributed by atoms with van der Waals surface area (Å²) in [4.78, 5) is 14.4. The third-order valence-corrected chi connectivity index (χ3v) is 4.57. The molecule has 4 heteroatoms. The highest BCUT2D eigenvalue weighted by molar-refractivity contribution is 5.76. The van der Waals surface area contributed by atoms with E-state index in [0.29, 0.717) is 11.6 Å². The van der Waals surface area contributed by atoms with Gasteiger partial charge in [0.2, 0.25) is 0 Å². The number of carbonyl (C=O) groups excluding carboxylic acids is 1. The van der Waals surface area contributed by atoms with Crippen molar-refractivity contribution in [2.45, 2.75) is 57.4 Å². The number of ether oxygens (including phenoxy) is 1. The van der Waals surface area contributed by atoms with Gasteiger partial charge in [0.25, 0.3) is 0 Å². The fourth-order valence-electron chi connectivity index (χ4n) is 3.01. The molecule has 0 radical (unpaired) electrons. The summed E-state index contributed by atoms with van der Waals surface area (Å²) in [5.41, 5.74) is 0.558. The van der Waals surface area contributed by atoms with Crippen molar-refractivity contribution < 1.29 is 14.6 Å². The van der Waals surface area contributed by atoms with Crippen molar-refractivity contribution in [2.24, 2.45) is 0 Å². The van der Waals surface area contributed by atoms with Gasteiger partial charge in [0.1, 0.15) is 6.10 Å². The summed E-state index contributed by atoms with van der Waals surface area (Å²) in [6, 6.07) is 9.25. The Labute approximate surface area is 126 Å². The van der Waals surface area contributed by atoms with Crippen LogP contribution in [0.5, 0.6) is 0 Å². The van der Waals surface area contributed by atoms with Crippen molar-refractivity contribution in [1.29, 1.82) is 0 Å². The van der Waals surface area contributed by atoms with Crippen LogP contribution < -0.4 is 0 Å². The first-order valence-electron chi connectivity index (χ1n) is 7.47. The Morgan fingerprint density at radius 3 is 2.57 bits per heavy atom. The molecule has 0 aromatic heterocycles. The molecule has 1 fully saturated rings. The zero-order valence-electron chi connectivity index (χ0n) is 13.2. The summed E-state index contributed by atoms with van der Waals surface area (Å²) in [6.45, 7) is 6.43. The lowest BCUT2D eigenvalue weighted by Crippen LogP contribution is -2.54. The first-order chi connectivity index (χ1) is 9.81. The average Bonchev–Trinajstić information content (AvgIpc) is 2.44. The molecule has 0 amide bonds. The second kappa shape index (κ2) is 6.16. The lowest BCUT2D eigenvalue weighted by atomic mass is 9.85. The topological polar surface area (TPSA) is 49.8 Å². The molecule has 4 nitrogen and oxygen atoms in total. The smallest absolute Gasteiger partial charge is 0.339 e. The van der Waals surface area contributed by atoms with Crippen molar-refractivity contribution in [3.63, 3.8) is 0 Å². The van der Waals surface area contributed by atoms with E-state index in [1.165, 1.54) is 0 Å². The van der Waals surface area contributed by atoms with E-state index >= 15 is 0 Å². The highest BCUT2D eigenvalue weighted by Gasteiger charge is 2.38. The third kappa shape index (κ3) is 3.63. The van der Waals surface area contributed by atoms with Gasteiger partial charge in [-0.3, -0.25) is 4.90 Å². The second-order valence-corrected chi connectivity index (χ2v) is 6.58. The molecule has 1 aliphatic heterocycles. The van der Waals surface area contributed by atoms with E-state index in [-0.39, 0.29) is 11.6 Å². The van der Waals surface area contributed by atoms with E-state index in [4.69, 9.17) is 4.74 Å². The maximum absolute atomic E-state index is 12.1. The van der Waals surface area contributed by atoms with Gasteiger partial charge >= 0.3 is 5.97 Å². The van der Waals surface area contributed by atoms with E-state index in [0.717, 1.165) is 12.8 Å². The molecule has 2 rings (SSSR count). The van der Waals surface area contributed by atoms with Crippen molar-refractivity contribution in [3.05, 3.63) is 35.9 Å². The fraction of sp³-hybridized carbons (Fsp3) is 0.588. The van der Waals surface area contributed by atoms with E-state index in [1.807, 2.05) is 6.07 Å². The van der Waals surface area contributed by atoms with Gasteiger partial charge in [-0.25, -0.2) is 4.79 Å². The van der Waals surface area contributed by atoms with E-state index in [1.54, 1.807) is 24.3 Å². The lowest BCUT2D eigenvalue weighted by Gasteiger charge is -2.47. The molecule has 1 saturated heterocycles. The van der Waals surface area contributed by atoms with E-state index in [2.05, 4.69) is 32.7 Å². The molecule has 3 atom stereocenters. The number of hydrogen-bond acceptors (Lipinski definition) is 4. The van der Waals surface area contributed by atoms with Crippen molar-refractivity contribution in [1.82, 2.24) is 4.90 Å². The minimum Gasteiger partial charge on any atom is -0.460 e. The van der Waals surface area contributed by atoms with Crippen LogP contribution in [0.4, 0.5) is 0 Å². The maximum Gasteiger partial charge on any atom is 0.339 e. The highest BCUT2D eigenvalue weighted by Crippen LogP contribution is 2.32. The molecule has 0 aliphatic carbocycles. The molecule has 0 bridgehead atoms. The van der Waals surface area contributed by atoms with Crippen molar-refractivity contribution in [3.8, 4) is 0 Å². The van der Waals surface area contributed by atoms with Crippen LogP contribution in [0.15, 0.2) is 30.3 Å². The summed E-state index contributed by atoms with van der Waals surface area (Å²) in [5, 5.41) is 10.1. The Hall–Kier alpha value is -1.39. The largest absolute Gasteiger partial charge is 0.460 e. The molecule has 0 spiro atoms. The third-order valence-electron chi connectivity index (χ3n) is 4.57. The lowest BCUT2D eigenvalue weighted by molar-refractivity contribution is -0.165. The Kier molecular flexibility index (Phi) is 4.69. The van der Waals surface area contributed by atoms with Crippen molar-refractivity contribution >= 4 is 5.97 Å². The van der Waals surface area contributed by atoms with Gasteiger partial charge in [-0.05, 0) is 39.8 Å². The number of rotatable bonds is 3. The predicted octanol–water partition coefficient (Wildman–Crippen LogP) is 2.52. The molecule has 0 unspecified atom stereocenters. The molecule has 0 saturated carbocycles. The van der Waals surface area contributed by atoms with Gasteiger partial charge in [0.05, 0.1) is 0 Å². The van der Waals surface area contributed by atoms with Crippen molar-refractivity contribution in [2.75, 3.05) is 7.05 Å².